The van der Waals surface area contributed by atoms with Gasteiger partial charge in [0.2, 0.25) is 11.8 Å². The van der Waals surface area contributed by atoms with E-state index in [1.165, 1.54) is 29.8 Å². The third-order valence-electron chi connectivity index (χ3n) is 2.57. The van der Waals surface area contributed by atoms with Crippen LogP contribution in [0.25, 0.3) is 0 Å². The van der Waals surface area contributed by atoms with Gasteiger partial charge in [-0.25, -0.2) is 4.79 Å². The summed E-state index contributed by atoms with van der Waals surface area (Å²) in [6.07, 6.45) is 0.211. The molecule has 7 heteroatoms. The standard InChI is InChI=1S/C13H16N2O4S/c1-15(12(17)6-7-20-8-11(14)16)10-5-3-2-4-9(10)13(18)19/h2-5H,6-8H2,1H3,(H2,14,16)(H,18,19). The number of benzene rings is 1. The van der Waals surface area contributed by atoms with Gasteiger partial charge in [-0.05, 0) is 12.1 Å². The van der Waals surface area contributed by atoms with Crippen molar-refractivity contribution in [2.75, 3.05) is 23.5 Å². The molecule has 0 fully saturated rings. The lowest BCUT2D eigenvalue weighted by Gasteiger charge is -2.19. The molecular formula is C13H16N2O4S. The first kappa shape index (κ1) is 16.0. The van der Waals surface area contributed by atoms with Gasteiger partial charge in [0.25, 0.3) is 0 Å². The van der Waals surface area contributed by atoms with Crippen LogP contribution >= 0.6 is 11.8 Å². The van der Waals surface area contributed by atoms with E-state index in [0.717, 1.165) is 0 Å². The van der Waals surface area contributed by atoms with Gasteiger partial charge in [0, 0.05) is 19.2 Å². The van der Waals surface area contributed by atoms with Crippen molar-refractivity contribution in [2.24, 2.45) is 5.73 Å². The molecule has 1 rings (SSSR count). The Morgan fingerprint density at radius 3 is 2.55 bits per heavy atom. The van der Waals surface area contributed by atoms with Crippen molar-refractivity contribution in [3.8, 4) is 0 Å². The van der Waals surface area contributed by atoms with Crippen molar-refractivity contribution in [3.05, 3.63) is 29.8 Å². The molecule has 0 saturated carbocycles. The van der Waals surface area contributed by atoms with Crippen LogP contribution in [-0.2, 0) is 9.59 Å². The number of primary amides is 1. The number of carboxylic acid groups (broad SMARTS) is 1. The first-order chi connectivity index (χ1) is 9.43. The highest BCUT2D eigenvalue weighted by molar-refractivity contribution is 7.99. The molecule has 1 aromatic carbocycles. The molecule has 0 aliphatic heterocycles. The third kappa shape index (κ3) is 4.58. The highest BCUT2D eigenvalue weighted by atomic mass is 32.2. The van der Waals surface area contributed by atoms with E-state index in [-0.39, 0.29) is 23.6 Å². The minimum absolute atomic E-state index is 0.0770. The van der Waals surface area contributed by atoms with Crippen molar-refractivity contribution in [1.82, 2.24) is 0 Å². The summed E-state index contributed by atoms with van der Waals surface area (Å²) in [6, 6.07) is 6.31. The summed E-state index contributed by atoms with van der Waals surface area (Å²) in [5, 5.41) is 9.08. The molecule has 0 unspecified atom stereocenters. The average Bonchev–Trinajstić information content (AvgIpc) is 2.42. The number of thioether (sulfide) groups is 1. The Hall–Kier alpha value is -2.02. The summed E-state index contributed by atoms with van der Waals surface area (Å²) in [5.41, 5.74) is 5.42. The highest BCUT2D eigenvalue weighted by Crippen LogP contribution is 2.20. The number of amides is 2. The van der Waals surface area contributed by atoms with Crippen molar-refractivity contribution < 1.29 is 19.5 Å². The van der Waals surface area contributed by atoms with Gasteiger partial charge in [-0.1, -0.05) is 12.1 Å². The van der Waals surface area contributed by atoms with Crippen LogP contribution in [0.15, 0.2) is 24.3 Å². The average molecular weight is 296 g/mol. The fourth-order valence-electron chi connectivity index (χ4n) is 1.58. The second-order valence-corrected chi connectivity index (χ2v) is 5.15. The lowest BCUT2D eigenvalue weighted by molar-refractivity contribution is -0.118. The Bertz CT molecular complexity index is 519. The van der Waals surface area contributed by atoms with Gasteiger partial charge in [0.05, 0.1) is 17.0 Å². The number of nitrogens with two attached hydrogens (primary N) is 1. The fraction of sp³-hybridized carbons (Fsp3) is 0.308. The van der Waals surface area contributed by atoms with Crippen LogP contribution in [0.4, 0.5) is 5.69 Å². The molecule has 0 saturated heterocycles. The predicted octanol–water partition coefficient (Wildman–Crippen LogP) is 0.956. The fourth-order valence-corrected chi connectivity index (χ4v) is 2.25. The van der Waals surface area contributed by atoms with E-state index >= 15 is 0 Å². The number of nitrogens with zero attached hydrogens (tertiary/aromatic N) is 1. The second-order valence-electron chi connectivity index (χ2n) is 4.04. The number of hydrogen-bond donors (Lipinski definition) is 2. The maximum atomic E-state index is 12.0. The molecule has 2 amide bonds. The van der Waals surface area contributed by atoms with Crippen LogP contribution in [0.2, 0.25) is 0 Å². The number of anilines is 1. The van der Waals surface area contributed by atoms with Crippen molar-refractivity contribution in [1.29, 1.82) is 0 Å². The minimum Gasteiger partial charge on any atom is -0.478 e. The number of hydrogen-bond acceptors (Lipinski definition) is 4. The summed E-state index contributed by atoms with van der Waals surface area (Å²) >= 11 is 1.27. The van der Waals surface area contributed by atoms with Crippen molar-refractivity contribution in [2.45, 2.75) is 6.42 Å². The van der Waals surface area contributed by atoms with Crippen LogP contribution in [0.5, 0.6) is 0 Å². The predicted molar refractivity (Wildman–Crippen MR) is 77.9 cm³/mol. The molecule has 0 atom stereocenters. The molecule has 3 N–H and O–H groups in total. The van der Waals surface area contributed by atoms with Gasteiger partial charge in [-0.3, -0.25) is 9.59 Å². The Kier molecular flexibility index (Phi) is 6.05. The van der Waals surface area contributed by atoms with Gasteiger partial charge in [0.1, 0.15) is 0 Å². The van der Waals surface area contributed by atoms with Gasteiger partial charge in [-0.2, -0.15) is 11.8 Å². The van der Waals surface area contributed by atoms with E-state index in [4.69, 9.17) is 10.8 Å². The number of para-hydroxylation sites is 1. The number of carboxylic acids is 1. The topological polar surface area (TPSA) is 101 Å². The quantitative estimate of drug-likeness (QED) is 0.730. The van der Waals surface area contributed by atoms with E-state index in [9.17, 15) is 14.4 Å². The van der Waals surface area contributed by atoms with Crippen molar-refractivity contribution >= 4 is 35.2 Å². The number of aromatic carboxylic acids is 1. The Balaban J connectivity index is 2.65. The maximum Gasteiger partial charge on any atom is 0.337 e. The molecule has 0 radical (unpaired) electrons. The molecule has 0 heterocycles. The van der Waals surface area contributed by atoms with Gasteiger partial charge < -0.3 is 15.7 Å². The van der Waals surface area contributed by atoms with Gasteiger partial charge in [0.15, 0.2) is 0 Å². The molecule has 0 aliphatic rings. The summed E-state index contributed by atoms with van der Waals surface area (Å²) < 4.78 is 0. The molecule has 0 aromatic heterocycles. The molecule has 20 heavy (non-hydrogen) atoms. The molecule has 108 valence electrons. The van der Waals surface area contributed by atoms with Crippen LogP contribution in [0.1, 0.15) is 16.8 Å². The smallest absolute Gasteiger partial charge is 0.337 e. The van der Waals surface area contributed by atoms with Crippen LogP contribution in [-0.4, -0.2) is 41.4 Å². The monoisotopic (exact) mass is 296 g/mol. The lowest BCUT2D eigenvalue weighted by atomic mass is 10.1. The number of rotatable bonds is 7. The van der Waals surface area contributed by atoms with E-state index in [1.807, 2.05) is 0 Å². The number of carbonyl (C=O) groups excluding carboxylic acids is 2. The minimum atomic E-state index is -1.08. The summed E-state index contributed by atoms with van der Waals surface area (Å²) in [7, 11) is 1.53. The normalized spacial score (nSPS) is 10.1. The van der Waals surface area contributed by atoms with Crippen LogP contribution in [0.3, 0.4) is 0 Å². The first-order valence-corrected chi connectivity index (χ1v) is 7.04. The Labute approximate surface area is 120 Å². The lowest BCUT2D eigenvalue weighted by Crippen LogP contribution is -2.28. The Morgan fingerprint density at radius 2 is 1.95 bits per heavy atom. The van der Waals surface area contributed by atoms with Crippen LogP contribution < -0.4 is 10.6 Å². The Morgan fingerprint density at radius 1 is 1.30 bits per heavy atom. The summed E-state index contributed by atoms with van der Waals surface area (Å²) in [5.74, 6) is -1.09. The molecule has 6 nitrogen and oxygen atoms in total. The van der Waals surface area contributed by atoms with E-state index in [2.05, 4.69) is 0 Å². The molecule has 0 aliphatic carbocycles. The second kappa shape index (κ2) is 7.54. The number of carbonyl (C=O) groups is 3. The third-order valence-corrected chi connectivity index (χ3v) is 3.56. The van der Waals surface area contributed by atoms with E-state index < -0.39 is 11.9 Å². The molecular weight excluding hydrogens is 280 g/mol. The van der Waals surface area contributed by atoms with Gasteiger partial charge >= 0.3 is 5.97 Å². The zero-order valence-electron chi connectivity index (χ0n) is 11.0. The summed E-state index contributed by atoms with van der Waals surface area (Å²) in [4.78, 5) is 34.9. The zero-order chi connectivity index (χ0) is 15.1. The van der Waals surface area contributed by atoms with E-state index in [1.54, 1.807) is 18.2 Å². The van der Waals surface area contributed by atoms with Crippen LogP contribution in [0, 0.1) is 0 Å². The highest BCUT2D eigenvalue weighted by Gasteiger charge is 2.17. The van der Waals surface area contributed by atoms with E-state index in [0.29, 0.717) is 11.4 Å². The molecule has 0 spiro atoms. The molecule has 1 aromatic rings. The maximum absolute atomic E-state index is 12.0. The first-order valence-electron chi connectivity index (χ1n) is 5.88. The summed E-state index contributed by atoms with van der Waals surface area (Å²) in [6.45, 7) is 0. The SMILES string of the molecule is CN(C(=O)CCSCC(N)=O)c1ccccc1C(=O)O. The zero-order valence-corrected chi connectivity index (χ0v) is 11.9. The van der Waals surface area contributed by atoms with Crippen molar-refractivity contribution in [3.63, 3.8) is 0 Å². The molecule has 0 bridgehead atoms. The largest absolute Gasteiger partial charge is 0.478 e. The van der Waals surface area contributed by atoms with Gasteiger partial charge in [-0.15, -0.1) is 0 Å².